The summed E-state index contributed by atoms with van der Waals surface area (Å²) in [5, 5.41) is 12.9. The van der Waals surface area contributed by atoms with Crippen molar-refractivity contribution >= 4 is 12.0 Å². The van der Waals surface area contributed by atoms with E-state index in [-0.39, 0.29) is 11.8 Å². The molecule has 0 amide bonds. The van der Waals surface area contributed by atoms with Crippen molar-refractivity contribution in [1.29, 1.82) is 0 Å². The van der Waals surface area contributed by atoms with Gasteiger partial charge in [-0.2, -0.15) is 4.98 Å². The first-order chi connectivity index (χ1) is 8.08. The highest BCUT2D eigenvalue weighted by Crippen LogP contribution is 2.23. The molecule has 1 fully saturated rings. The Hall–Kier alpha value is -1.59. The number of hydrogen-bond acceptors (Lipinski definition) is 5. The smallest absolute Gasteiger partial charge is 0.324 e. The fourth-order valence-corrected chi connectivity index (χ4v) is 1.94. The van der Waals surface area contributed by atoms with Crippen LogP contribution in [0.3, 0.4) is 0 Å². The predicted octanol–water partition coefficient (Wildman–Crippen LogP) is 1.49. The molecular formula is C11H17N3O3. The van der Waals surface area contributed by atoms with Gasteiger partial charge in [0.15, 0.2) is 5.82 Å². The molecule has 2 heterocycles. The summed E-state index contributed by atoms with van der Waals surface area (Å²) in [5.74, 6) is -0.207. The normalized spacial score (nSPS) is 20.9. The number of aromatic nitrogens is 2. The third-order valence-corrected chi connectivity index (χ3v) is 2.99. The van der Waals surface area contributed by atoms with Crippen LogP contribution in [-0.4, -0.2) is 34.3 Å². The highest BCUT2D eigenvalue weighted by molar-refractivity contribution is 5.71. The van der Waals surface area contributed by atoms with Gasteiger partial charge in [-0.15, -0.1) is 0 Å². The molecule has 1 aromatic rings. The van der Waals surface area contributed by atoms with Gasteiger partial charge in [-0.05, 0) is 12.8 Å². The first-order valence-electron chi connectivity index (χ1n) is 5.89. The molecule has 6 heteroatoms. The molecule has 6 nitrogen and oxygen atoms in total. The van der Waals surface area contributed by atoms with E-state index in [1.54, 1.807) is 0 Å². The van der Waals surface area contributed by atoms with E-state index in [1.807, 2.05) is 18.7 Å². The Morgan fingerprint density at radius 1 is 1.59 bits per heavy atom. The highest BCUT2D eigenvalue weighted by atomic mass is 16.5. The molecule has 0 radical (unpaired) electrons. The van der Waals surface area contributed by atoms with Crippen LogP contribution in [0.5, 0.6) is 0 Å². The average Bonchev–Trinajstić information content (AvgIpc) is 2.78. The number of piperidine rings is 1. The van der Waals surface area contributed by atoms with Crippen LogP contribution in [0, 0.1) is 5.92 Å². The molecule has 0 saturated carbocycles. The molecule has 2 rings (SSSR count). The quantitative estimate of drug-likeness (QED) is 0.860. The van der Waals surface area contributed by atoms with Crippen molar-refractivity contribution in [1.82, 2.24) is 10.1 Å². The van der Waals surface area contributed by atoms with Crippen molar-refractivity contribution in [3.8, 4) is 0 Å². The molecule has 0 aromatic carbocycles. The van der Waals surface area contributed by atoms with Crippen LogP contribution in [0.4, 0.5) is 6.01 Å². The maximum Gasteiger partial charge on any atom is 0.324 e. The van der Waals surface area contributed by atoms with Crippen LogP contribution in [0.25, 0.3) is 0 Å². The van der Waals surface area contributed by atoms with Gasteiger partial charge in [-0.1, -0.05) is 19.0 Å². The summed E-state index contributed by atoms with van der Waals surface area (Å²) in [4.78, 5) is 17.1. The lowest BCUT2D eigenvalue weighted by Crippen LogP contribution is -2.38. The van der Waals surface area contributed by atoms with Gasteiger partial charge in [0.05, 0.1) is 5.92 Å². The summed E-state index contributed by atoms with van der Waals surface area (Å²) >= 11 is 0. The van der Waals surface area contributed by atoms with Crippen molar-refractivity contribution in [3.63, 3.8) is 0 Å². The number of rotatable bonds is 3. The SMILES string of the molecule is CC(C)c1noc(N2CCCC(C(=O)O)C2)n1. The van der Waals surface area contributed by atoms with Gasteiger partial charge in [0, 0.05) is 19.0 Å². The van der Waals surface area contributed by atoms with Gasteiger partial charge < -0.3 is 14.5 Å². The molecule has 1 aliphatic rings. The Morgan fingerprint density at radius 2 is 2.35 bits per heavy atom. The van der Waals surface area contributed by atoms with Gasteiger partial charge in [-0.25, -0.2) is 0 Å². The van der Waals surface area contributed by atoms with E-state index in [9.17, 15) is 4.79 Å². The van der Waals surface area contributed by atoms with Gasteiger partial charge in [0.25, 0.3) is 0 Å². The number of carboxylic acids is 1. The van der Waals surface area contributed by atoms with Crippen molar-refractivity contribution in [3.05, 3.63) is 5.82 Å². The first kappa shape index (κ1) is 11.9. The number of nitrogens with zero attached hydrogens (tertiary/aromatic N) is 3. The average molecular weight is 239 g/mol. The summed E-state index contributed by atoms with van der Waals surface area (Å²) in [6, 6.07) is 0.444. The lowest BCUT2D eigenvalue weighted by atomic mass is 9.99. The van der Waals surface area contributed by atoms with Crippen LogP contribution in [-0.2, 0) is 4.79 Å². The third-order valence-electron chi connectivity index (χ3n) is 2.99. The Labute approximate surface area is 99.6 Å². The number of carboxylic acid groups (broad SMARTS) is 1. The monoisotopic (exact) mass is 239 g/mol. The largest absolute Gasteiger partial charge is 0.481 e. The second-order valence-electron chi connectivity index (χ2n) is 4.71. The molecule has 1 aromatic heterocycles. The molecule has 1 aliphatic heterocycles. The molecular weight excluding hydrogens is 222 g/mol. The molecule has 1 atom stereocenters. The van der Waals surface area contributed by atoms with Crippen LogP contribution in [0.15, 0.2) is 4.52 Å². The lowest BCUT2D eigenvalue weighted by molar-refractivity contribution is -0.141. The third kappa shape index (κ3) is 2.57. The zero-order chi connectivity index (χ0) is 12.4. The van der Waals surface area contributed by atoms with E-state index >= 15 is 0 Å². The number of carbonyl (C=O) groups is 1. The van der Waals surface area contributed by atoms with Crippen molar-refractivity contribution < 1.29 is 14.4 Å². The van der Waals surface area contributed by atoms with E-state index in [0.29, 0.717) is 18.4 Å². The first-order valence-corrected chi connectivity index (χ1v) is 5.89. The molecule has 94 valence electrons. The van der Waals surface area contributed by atoms with Gasteiger partial charge in [0.1, 0.15) is 0 Å². The fourth-order valence-electron chi connectivity index (χ4n) is 1.94. The molecule has 1 saturated heterocycles. The van der Waals surface area contributed by atoms with E-state index in [4.69, 9.17) is 9.63 Å². The molecule has 17 heavy (non-hydrogen) atoms. The van der Waals surface area contributed by atoms with E-state index in [2.05, 4.69) is 10.1 Å². The van der Waals surface area contributed by atoms with Crippen molar-refractivity contribution in [2.24, 2.45) is 5.92 Å². The van der Waals surface area contributed by atoms with Gasteiger partial charge in [0.2, 0.25) is 0 Å². The number of aliphatic carboxylic acids is 1. The number of anilines is 1. The topological polar surface area (TPSA) is 79.5 Å². The molecule has 0 spiro atoms. The van der Waals surface area contributed by atoms with Crippen molar-refractivity contribution in [2.75, 3.05) is 18.0 Å². The Bertz CT molecular complexity index is 402. The minimum Gasteiger partial charge on any atom is -0.481 e. The molecule has 0 bridgehead atoms. The summed E-state index contributed by atoms with van der Waals surface area (Å²) in [7, 11) is 0. The van der Waals surface area contributed by atoms with Crippen LogP contribution < -0.4 is 4.90 Å². The molecule has 1 N–H and O–H groups in total. The standard InChI is InChI=1S/C11H17N3O3/c1-7(2)9-12-11(17-13-9)14-5-3-4-8(6-14)10(15)16/h7-8H,3-6H2,1-2H3,(H,15,16). The fraction of sp³-hybridized carbons (Fsp3) is 0.727. The predicted molar refractivity (Wildman–Crippen MR) is 61.0 cm³/mol. The summed E-state index contributed by atoms with van der Waals surface area (Å²) in [6.45, 7) is 5.22. The number of hydrogen-bond donors (Lipinski definition) is 1. The maximum atomic E-state index is 11.0. The zero-order valence-corrected chi connectivity index (χ0v) is 10.1. The van der Waals surface area contributed by atoms with Crippen LogP contribution >= 0.6 is 0 Å². The second kappa shape index (κ2) is 4.73. The molecule has 1 unspecified atom stereocenters. The summed E-state index contributed by atoms with van der Waals surface area (Å²) in [5.41, 5.74) is 0. The van der Waals surface area contributed by atoms with Gasteiger partial charge in [-0.3, -0.25) is 4.79 Å². The van der Waals surface area contributed by atoms with E-state index in [1.165, 1.54) is 0 Å². The lowest BCUT2D eigenvalue weighted by Gasteiger charge is -2.28. The van der Waals surface area contributed by atoms with Crippen LogP contribution in [0.1, 0.15) is 38.4 Å². The minimum absolute atomic E-state index is 0.215. The molecule has 0 aliphatic carbocycles. The minimum atomic E-state index is -0.752. The highest BCUT2D eigenvalue weighted by Gasteiger charge is 2.28. The van der Waals surface area contributed by atoms with Crippen molar-refractivity contribution in [2.45, 2.75) is 32.6 Å². The summed E-state index contributed by atoms with van der Waals surface area (Å²) in [6.07, 6.45) is 1.56. The second-order valence-corrected chi connectivity index (χ2v) is 4.71. The Kier molecular flexibility index (Phi) is 3.31. The van der Waals surface area contributed by atoms with E-state index in [0.717, 1.165) is 19.4 Å². The Morgan fingerprint density at radius 3 is 2.94 bits per heavy atom. The maximum absolute atomic E-state index is 11.0. The van der Waals surface area contributed by atoms with E-state index < -0.39 is 5.97 Å². The Balaban J connectivity index is 2.08. The van der Waals surface area contributed by atoms with Gasteiger partial charge >= 0.3 is 12.0 Å². The summed E-state index contributed by atoms with van der Waals surface area (Å²) < 4.78 is 5.17. The zero-order valence-electron chi connectivity index (χ0n) is 10.1. The van der Waals surface area contributed by atoms with Crippen LogP contribution in [0.2, 0.25) is 0 Å².